The highest BCUT2D eigenvalue weighted by Crippen LogP contribution is 2.25. The standard InChI is InChI=1S/C11H12F3N/c12-8-5-10(14)11(6-9(8)13)15-7-3-1-2-4-7/h5-7,15H,1-4H2. The minimum absolute atomic E-state index is 0.0563. The highest BCUT2D eigenvalue weighted by atomic mass is 19.2. The molecule has 2 rings (SSSR count). The molecule has 82 valence electrons. The minimum atomic E-state index is -1.15. The SMILES string of the molecule is Fc1cc(F)c(NC2CCCC2)cc1F. The van der Waals surface area contributed by atoms with E-state index in [1.165, 1.54) is 0 Å². The zero-order valence-electron chi connectivity index (χ0n) is 8.19. The minimum Gasteiger partial charge on any atom is -0.380 e. The fraction of sp³-hybridized carbons (Fsp3) is 0.455. The predicted molar refractivity (Wildman–Crippen MR) is 52.2 cm³/mol. The molecule has 0 radical (unpaired) electrons. The van der Waals surface area contributed by atoms with Crippen molar-refractivity contribution in [2.24, 2.45) is 0 Å². The predicted octanol–water partition coefficient (Wildman–Crippen LogP) is 3.46. The molecule has 0 unspecified atom stereocenters. The van der Waals surface area contributed by atoms with Gasteiger partial charge in [0.25, 0.3) is 0 Å². The second-order valence-corrected chi connectivity index (χ2v) is 3.87. The van der Waals surface area contributed by atoms with E-state index < -0.39 is 17.5 Å². The molecule has 0 amide bonds. The smallest absolute Gasteiger partial charge is 0.161 e. The molecule has 1 N–H and O–H groups in total. The fourth-order valence-electron chi connectivity index (χ4n) is 1.92. The summed E-state index contributed by atoms with van der Waals surface area (Å²) >= 11 is 0. The van der Waals surface area contributed by atoms with Gasteiger partial charge in [-0.1, -0.05) is 12.8 Å². The Labute approximate surface area is 86.3 Å². The van der Waals surface area contributed by atoms with Gasteiger partial charge in [-0.15, -0.1) is 0 Å². The Hall–Kier alpha value is -1.19. The molecule has 1 aliphatic rings. The van der Waals surface area contributed by atoms with Gasteiger partial charge in [-0.25, -0.2) is 13.2 Å². The first-order valence-corrected chi connectivity index (χ1v) is 5.08. The third-order valence-corrected chi connectivity index (χ3v) is 2.72. The van der Waals surface area contributed by atoms with E-state index in [4.69, 9.17) is 0 Å². The van der Waals surface area contributed by atoms with Crippen molar-refractivity contribution in [3.05, 3.63) is 29.6 Å². The van der Waals surface area contributed by atoms with Crippen molar-refractivity contribution in [2.45, 2.75) is 31.7 Å². The van der Waals surface area contributed by atoms with Crippen molar-refractivity contribution in [1.82, 2.24) is 0 Å². The van der Waals surface area contributed by atoms with E-state index in [9.17, 15) is 13.2 Å². The molecule has 1 fully saturated rings. The highest BCUT2D eigenvalue weighted by Gasteiger charge is 2.17. The molecule has 0 heterocycles. The topological polar surface area (TPSA) is 12.0 Å². The van der Waals surface area contributed by atoms with Crippen molar-refractivity contribution in [3.8, 4) is 0 Å². The molecule has 1 nitrogen and oxygen atoms in total. The van der Waals surface area contributed by atoms with Gasteiger partial charge >= 0.3 is 0 Å². The van der Waals surface area contributed by atoms with Gasteiger partial charge in [0.2, 0.25) is 0 Å². The van der Waals surface area contributed by atoms with Gasteiger partial charge in [-0.05, 0) is 12.8 Å². The maximum absolute atomic E-state index is 13.2. The number of halogens is 3. The monoisotopic (exact) mass is 215 g/mol. The molecule has 1 saturated carbocycles. The molecule has 0 bridgehead atoms. The van der Waals surface area contributed by atoms with Crippen molar-refractivity contribution >= 4 is 5.69 Å². The molecule has 1 aromatic rings. The summed E-state index contributed by atoms with van der Waals surface area (Å²) in [5.41, 5.74) is 0.0563. The Morgan fingerprint density at radius 1 is 0.933 bits per heavy atom. The number of nitrogens with one attached hydrogen (secondary N) is 1. The lowest BCUT2D eigenvalue weighted by molar-refractivity contribution is 0.495. The zero-order chi connectivity index (χ0) is 10.8. The first-order chi connectivity index (χ1) is 7.16. The summed E-state index contributed by atoms with van der Waals surface area (Å²) in [7, 11) is 0. The van der Waals surface area contributed by atoms with Crippen LogP contribution in [0.1, 0.15) is 25.7 Å². The lowest BCUT2D eigenvalue weighted by Gasteiger charge is -2.14. The van der Waals surface area contributed by atoms with Gasteiger partial charge < -0.3 is 5.32 Å². The Bertz CT molecular complexity index is 359. The summed E-state index contributed by atoms with van der Waals surface area (Å²) in [4.78, 5) is 0. The summed E-state index contributed by atoms with van der Waals surface area (Å²) in [6.07, 6.45) is 4.11. The number of hydrogen-bond donors (Lipinski definition) is 1. The molecular formula is C11H12F3N. The summed E-state index contributed by atoms with van der Waals surface area (Å²) in [5.74, 6) is -2.90. The van der Waals surface area contributed by atoms with Crippen LogP contribution in [0.25, 0.3) is 0 Å². The fourth-order valence-corrected chi connectivity index (χ4v) is 1.92. The van der Waals surface area contributed by atoms with Crippen LogP contribution >= 0.6 is 0 Å². The lowest BCUT2D eigenvalue weighted by atomic mass is 10.2. The van der Waals surface area contributed by atoms with E-state index in [1.807, 2.05) is 0 Å². The molecule has 1 aliphatic carbocycles. The van der Waals surface area contributed by atoms with Gasteiger partial charge in [0.1, 0.15) is 5.82 Å². The average Bonchev–Trinajstić information content (AvgIpc) is 2.67. The molecule has 0 atom stereocenters. The molecule has 4 heteroatoms. The van der Waals surface area contributed by atoms with E-state index in [1.54, 1.807) is 0 Å². The van der Waals surface area contributed by atoms with Crippen LogP contribution in [-0.4, -0.2) is 6.04 Å². The molecule has 0 spiro atoms. The Kier molecular flexibility index (Phi) is 2.84. The molecule has 1 aromatic carbocycles. The summed E-state index contributed by atoms with van der Waals surface area (Å²) in [6.45, 7) is 0. The van der Waals surface area contributed by atoms with Crippen molar-refractivity contribution in [1.29, 1.82) is 0 Å². The highest BCUT2D eigenvalue weighted by molar-refractivity contribution is 5.46. The molecule has 0 saturated heterocycles. The van der Waals surface area contributed by atoms with E-state index in [2.05, 4.69) is 5.32 Å². The summed E-state index contributed by atoms with van der Waals surface area (Å²) < 4.78 is 38.7. The van der Waals surface area contributed by atoms with E-state index in [0.717, 1.165) is 31.7 Å². The first-order valence-electron chi connectivity index (χ1n) is 5.08. The van der Waals surface area contributed by atoms with Crippen LogP contribution in [0.2, 0.25) is 0 Å². The van der Waals surface area contributed by atoms with Gasteiger partial charge in [-0.3, -0.25) is 0 Å². The van der Waals surface area contributed by atoms with Crippen molar-refractivity contribution in [2.75, 3.05) is 5.32 Å². The maximum Gasteiger partial charge on any atom is 0.161 e. The number of benzene rings is 1. The van der Waals surface area contributed by atoms with Gasteiger partial charge in [0, 0.05) is 18.2 Å². The number of hydrogen-bond acceptors (Lipinski definition) is 1. The van der Waals surface area contributed by atoms with E-state index in [0.29, 0.717) is 6.07 Å². The van der Waals surface area contributed by atoms with Crippen LogP contribution in [0.5, 0.6) is 0 Å². The number of anilines is 1. The molecule has 0 aromatic heterocycles. The third kappa shape index (κ3) is 2.25. The van der Waals surface area contributed by atoms with Crippen LogP contribution in [0, 0.1) is 17.5 Å². The Morgan fingerprint density at radius 2 is 1.53 bits per heavy atom. The normalized spacial score (nSPS) is 17.0. The van der Waals surface area contributed by atoms with Crippen LogP contribution in [0.3, 0.4) is 0 Å². The average molecular weight is 215 g/mol. The van der Waals surface area contributed by atoms with Crippen LogP contribution in [0.15, 0.2) is 12.1 Å². The van der Waals surface area contributed by atoms with Crippen molar-refractivity contribution in [3.63, 3.8) is 0 Å². The lowest BCUT2D eigenvalue weighted by Crippen LogP contribution is -2.15. The third-order valence-electron chi connectivity index (χ3n) is 2.72. The number of rotatable bonds is 2. The zero-order valence-corrected chi connectivity index (χ0v) is 8.19. The summed E-state index contributed by atoms with van der Waals surface area (Å²) in [6, 6.07) is 1.64. The van der Waals surface area contributed by atoms with Crippen molar-refractivity contribution < 1.29 is 13.2 Å². The molecule has 0 aliphatic heterocycles. The van der Waals surface area contributed by atoms with E-state index in [-0.39, 0.29) is 11.7 Å². The first kappa shape index (κ1) is 10.3. The van der Waals surface area contributed by atoms with Gasteiger partial charge in [0.15, 0.2) is 11.6 Å². The van der Waals surface area contributed by atoms with Gasteiger partial charge in [-0.2, -0.15) is 0 Å². The largest absolute Gasteiger partial charge is 0.380 e. The molecule has 15 heavy (non-hydrogen) atoms. The Balaban J connectivity index is 2.16. The summed E-state index contributed by atoms with van der Waals surface area (Å²) in [5, 5.41) is 2.90. The van der Waals surface area contributed by atoms with Gasteiger partial charge in [0.05, 0.1) is 5.69 Å². The quantitative estimate of drug-likeness (QED) is 0.745. The van der Waals surface area contributed by atoms with Crippen LogP contribution in [0.4, 0.5) is 18.9 Å². The van der Waals surface area contributed by atoms with Crippen LogP contribution in [-0.2, 0) is 0 Å². The second-order valence-electron chi connectivity index (χ2n) is 3.87. The molecular weight excluding hydrogens is 203 g/mol. The van der Waals surface area contributed by atoms with E-state index >= 15 is 0 Å². The maximum atomic E-state index is 13.2. The Morgan fingerprint density at radius 3 is 2.20 bits per heavy atom. The van der Waals surface area contributed by atoms with Crippen LogP contribution < -0.4 is 5.32 Å². The second kappa shape index (κ2) is 4.13.